The summed E-state index contributed by atoms with van der Waals surface area (Å²) >= 11 is 0. The molecule has 0 spiro atoms. The zero-order valence-electron chi connectivity index (χ0n) is 9.76. The maximum Gasteiger partial charge on any atom is 0.289 e. The van der Waals surface area contributed by atoms with E-state index in [0.29, 0.717) is 11.5 Å². The Morgan fingerprint density at radius 3 is 2.53 bits per heavy atom. The minimum absolute atomic E-state index is 0.170. The molecule has 0 fully saturated rings. The largest absolute Gasteiger partial charge is 0.438 e. The first kappa shape index (κ1) is 11.8. The fourth-order valence-electron chi connectivity index (χ4n) is 1.28. The Bertz CT molecular complexity index is 340. The molecule has 4 nitrogen and oxygen atoms in total. The highest BCUT2D eigenvalue weighted by atomic mass is 16.3. The molecule has 1 N–H and O–H groups in total. The lowest BCUT2D eigenvalue weighted by Gasteiger charge is -2.27. The van der Waals surface area contributed by atoms with Gasteiger partial charge in [0.15, 0.2) is 6.39 Å². The van der Waals surface area contributed by atoms with Gasteiger partial charge in [-0.3, -0.25) is 4.79 Å². The minimum Gasteiger partial charge on any atom is -0.438 e. The van der Waals surface area contributed by atoms with Crippen LogP contribution in [0.4, 0.5) is 0 Å². The van der Waals surface area contributed by atoms with Gasteiger partial charge in [-0.1, -0.05) is 13.8 Å². The molecule has 0 atom stereocenters. The predicted octanol–water partition coefficient (Wildman–Crippen LogP) is 2.29. The Hall–Kier alpha value is -1.32. The number of oxazole rings is 1. The van der Waals surface area contributed by atoms with Crippen molar-refractivity contribution in [3.63, 3.8) is 0 Å². The second kappa shape index (κ2) is 4.47. The Balaban J connectivity index is 2.76. The SMILES string of the molecule is CCC(C)(CC)NC(=O)c1ocnc1C. The van der Waals surface area contributed by atoms with Gasteiger partial charge in [0.25, 0.3) is 5.91 Å². The molecular weight excluding hydrogens is 192 g/mol. The lowest BCUT2D eigenvalue weighted by Crippen LogP contribution is -2.45. The first-order valence-electron chi connectivity index (χ1n) is 5.25. The van der Waals surface area contributed by atoms with E-state index in [-0.39, 0.29) is 11.4 Å². The average molecular weight is 210 g/mol. The topological polar surface area (TPSA) is 55.1 Å². The molecule has 0 aliphatic heterocycles. The summed E-state index contributed by atoms with van der Waals surface area (Å²) in [6.07, 6.45) is 3.07. The van der Waals surface area contributed by atoms with Crippen molar-refractivity contribution in [1.82, 2.24) is 10.3 Å². The number of nitrogens with one attached hydrogen (secondary N) is 1. The van der Waals surface area contributed by atoms with Crippen molar-refractivity contribution in [2.45, 2.75) is 46.1 Å². The summed E-state index contributed by atoms with van der Waals surface area (Å²) in [7, 11) is 0. The maximum absolute atomic E-state index is 11.8. The van der Waals surface area contributed by atoms with Crippen LogP contribution in [0.25, 0.3) is 0 Å². The highest BCUT2D eigenvalue weighted by Gasteiger charge is 2.25. The number of amides is 1. The molecule has 0 saturated carbocycles. The van der Waals surface area contributed by atoms with E-state index in [4.69, 9.17) is 4.42 Å². The number of hydrogen-bond acceptors (Lipinski definition) is 3. The van der Waals surface area contributed by atoms with Gasteiger partial charge in [-0.15, -0.1) is 0 Å². The first-order valence-corrected chi connectivity index (χ1v) is 5.25. The van der Waals surface area contributed by atoms with E-state index < -0.39 is 0 Å². The van der Waals surface area contributed by atoms with Crippen LogP contribution in [0, 0.1) is 6.92 Å². The molecule has 0 radical (unpaired) electrons. The van der Waals surface area contributed by atoms with Crippen molar-refractivity contribution in [2.24, 2.45) is 0 Å². The maximum atomic E-state index is 11.8. The van der Waals surface area contributed by atoms with Crippen LogP contribution in [0.2, 0.25) is 0 Å². The number of aromatic nitrogens is 1. The Labute approximate surface area is 90.1 Å². The first-order chi connectivity index (χ1) is 7.02. The normalized spacial score (nSPS) is 11.5. The van der Waals surface area contributed by atoms with E-state index in [9.17, 15) is 4.79 Å². The molecule has 15 heavy (non-hydrogen) atoms. The van der Waals surface area contributed by atoms with Gasteiger partial charge in [0.05, 0.1) is 5.69 Å². The molecule has 0 saturated heterocycles. The summed E-state index contributed by atoms with van der Waals surface area (Å²) in [5.41, 5.74) is 0.457. The van der Waals surface area contributed by atoms with Crippen LogP contribution < -0.4 is 5.32 Å². The molecular formula is C11H18N2O2. The molecule has 0 aromatic carbocycles. The quantitative estimate of drug-likeness (QED) is 0.829. The predicted molar refractivity (Wildman–Crippen MR) is 57.7 cm³/mol. The number of carbonyl (C=O) groups excluding carboxylic acids is 1. The fourth-order valence-corrected chi connectivity index (χ4v) is 1.28. The van der Waals surface area contributed by atoms with E-state index in [2.05, 4.69) is 24.1 Å². The summed E-state index contributed by atoms with van der Waals surface area (Å²) in [5, 5.41) is 2.96. The smallest absolute Gasteiger partial charge is 0.289 e. The van der Waals surface area contributed by atoms with Gasteiger partial charge in [-0.25, -0.2) is 4.98 Å². The van der Waals surface area contributed by atoms with Crippen molar-refractivity contribution < 1.29 is 9.21 Å². The van der Waals surface area contributed by atoms with Crippen molar-refractivity contribution >= 4 is 5.91 Å². The highest BCUT2D eigenvalue weighted by molar-refractivity contribution is 5.92. The molecule has 0 aliphatic carbocycles. The van der Waals surface area contributed by atoms with Crippen LogP contribution in [0.1, 0.15) is 49.9 Å². The lowest BCUT2D eigenvalue weighted by atomic mass is 9.95. The lowest BCUT2D eigenvalue weighted by molar-refractivity contribution is 0.0871. The molecule has 1 rings (SSSR count). The zero-order chi connectivity index (χ0) is 11.5. The van der Waals surface area contributed by atoms with Gasteiger partial charge in [-0.2, -0.15) is 0 Å². The van der Waals surface area contributed by atoms with Gasteiger partial charge in [0.2, 0.25) is 5.76 Å². The molecule has 84 valence electrons. The van der Waals surface area contributed by atoms with Crippen molar-refractivity contribution in [1.29, 1.82) is 0 Å². The van der Waals surface area contributed by atoms with Crippen LogP contribution in [-0.2, 0) is 0 Å². The Kier molecular flexibility index (Phi) is 3.50. The van der Waals surface area contributed by atoms with E-state index in [1.807, 2.05) is 6.92 Å². The minimum atomic E-state index is -0.184. The molecule has 1 heterocycles. The van der Waals surface area contributed by atoms with E-state index in [1.54, 1.807) is 6.92 Å². The second-order valence-corrected chi connectivity index (χ2v) is 3.99. The summed E-state index contributed by atoms with van der Waals surface area (Å²) in [6, 6.07) is 0. The van der Waals surface area contributed by atoms with E-state index in [1.165, 1.54) is 6.39 Å². The number of aryl methyl sites for hydroxylation is 1. The molecule has 0 aliphatic rings. The molecule has 0 unspecified atom stereocenters. The van der Waals surface area contributed by atoms with Gasteiger partial charge in [0, 0.05) is 5.54 Å². The monoisotopic (exact) mass is 210 g/mol. The number of rotatable bonds is 4. The van der Waals surface area contributed by atoms with Crippen molar-refractivity contribution in [3.8, 4) is 0 Å². The van der Waals surface area contributed by atoms with Gasteiger partial charge in [-0.05, 0) is 26.7 Å². The van der Waals surface area contributed by atoms with Crippen LogP contribution in [-0.4, -0.2) is 16.4 Å². The summed E-state index contributed by atoms with van der Waals surface area (Å²) in [6.45, 7) is 7.89. The molecule has 1 aromatic heterocycles. The Morgan fingerprint density at radius 2 is 2.13 bits per heavy atom. The van der Waals surface area contributed by atoms with Crippen molar-refractivity contribution in [3.05, 3.63) is 17.8 Å². The third kappa shape index (κ3) is 2.58. The highest BCUT2D eigenvalue weighted by Crippen LogP contribution is 2.15. The van der Waals surface area contributed by atoms with Crippen LogP contribution in [0.5, 0.6) is 0 Å². The summed E-state index contributed by atoms with van der Waals surface area (Å²) in [4.78, 5) is 15.7. The molecule has 0 bridgehead atoms. The zero-order valence-corrected chi connectivity index (χ0v) is 9.76. The van der Waals surface area contributed by atoms with Gasteiger partial charge in [0.1, 0.15) is 0 Å². The molecule has 1 aromatic rings. The summed E-state index contributed by atoms with van der Waals surface area (Å²) in [5.74, 6) is 0.124. The number of carbonyl (C=O) groups is 1. The average Bonchev–Trinajstić information content (AvgIpc) is 2.64. The standard InChI is InChI=1S/C11H18N2O2/c1-5-11(4,6-2)13-10(14)9-8(3)12-7-15-9/h7H,5-6H2,1-4H3,(H,13,14). The summed E-state index contributed by atoms with van der Waals surface area (Å²) < 4.78 is 5.04. The van der Waals surface area contributed by atoms with Gasteiger partial charge < -0.3 is 9.73 Å². The third-order valence-corrected chi connectivity index (χ3v) is 2.93. The molecule has 1 amide bonds. The fraction of sp³-hybridized carbons (Fsp3) is 0.636. The van der Waals surface area contributed by atoms with Gasteiger partial charge >= 0.3 is 0 Å². The Morgan fingerprint density at radius 1 is 1.53 bits per heavy atom. The van der Waals surface area contributed by atoms with Crippen LogP contribution in [0.3, 0.4) is 0 Å². The number of hydrogen-bond donors (Lipinski definition) is 1. The van der Waals surface area contributed by atoms with Crippen LogP contribution in [0.15, 0.2) is 10.8 Å². The second-order valence-electron chi connectivity index (χ2n) is 3.99. The molecule has 4 heteroatoms. The van der Waals surface area contributed by atoms with E-state index >= 15 is 0 Å². The number of nitrogens with zero attached hydrogens (tertiary/aromatic N) is 1. The van der Waals surface area contributed by atoms with Crippen molar-refractivity contribution in [2.75, 3.05) is 0 Å². The van der Waals surface area contributed by atoms with E-state index in [0.717, 1.165) is 12.8 Å². The van der Waals surface area contributed by atoms with Crippen LogP contribution >= 0.6 is 0 Å². The third-order valence-electron chi connectivity index (χ3n) is 2.93.